The van der Waals surface area contributed by atoms with Gasteiger partial charge in [0, 0.05) is 32.2 Å². The minimum absolute atomic E-state index is 0.0150. The van der Waals surface area contributed by atoms with Crippen molar-refractivity contribution in [3.05, 3.63) is 0 Å². The zero-order valence-corrected chi connectivity index (χ0v) is 11.2. The van der Waals surface area contributed by atoms with Gasteiger partial charge in [-0.15, -0.1) is 0 Å². The lowest BCUT2D eigenvalue weighted by Crippen LogP contribution is -2.55. The number of fused-ring (bicyclic) bond motifs is 1. The molecule has 1 atom stereocenters. The molecular weight excluding hydrogens is 244 g/mol. The number of carbonyl (C=O) groups excluding carboxylic acids is 2. The molecule has 3 fully saturated rings. The molecule has 0 bridgehead atoms. The summed E-state index contributed by atoms with van der Waals surface area (Å²) >= 11 is 0. The summed E-state index contributed by atoms with van der Waals surface area (Å²) in [5, 5.41) is 6.19. The molecule has 0 radical (unpaired) electrons. The Bertz CT molecular complexity index is 368. The molecule has 2 aliphatic heterocycles. The molecule has 2 N–H and O–H groups in total. The first-order chi connectivity index (χ1) is 9.24. The van der Waals surface area contributed by atoms with Crippen molar-refractivity contribution in [1.29, 1.82) is 0 Å². The fraction of sp³-hybridized carbons (Fsp3) is 0.846. The van der Waals surface area contributed by atoms with Gasteiger partial charge in [-0.1, -0.05) is 12.8 Å². The van der Waals surface area contributed by atoms with E-state index in [0.29, 0.717) is 38.8 Å². The number of urea groups is 1. The quantitative estimate of drug-likeness (QED) is 0.740. The van der Waals surface area contributed by atoms with Gasteiger partial charge in [0.25, 0.3) is 0 Å². The molecule has 106 valence electrons. The molecular formula is C13H22N4O2. The van der Waals surface area contributed by atoms with Gasteiger partial charge in [-0.05, 0) is 12.8 Å². The molecule has 6 heteroatoms. The van der Waals surface area contributed by atoms with Crippen LogP contribution in [0, 0.1) is 0 Å². The summed E-state index contributed by atoms with van der Waals surface area (Å²) in [4.78, 5) is 27.4. The van der Waals surface area contributed by atoms with E-state index in [1.165, 1.54) is 25.7 Å². The molecule has 1 aliphatic carbocycles. The molecule has 0 aromatic rings. The van der Waals surface area contributed by atoms with E-state index in [-0.39, 0.29) is 18.0 Å². The second kappa shape index (κ2) is 5.36. The Labute approximate surface area is 113 Å². The van der Waals surface area contributed by atoms with E-state index in [2.05, 4.69) is 10.6 Å². The van der Waals surface area contributed by atoms with E-state index in [1.807, 2.05) is 9.80 Å². The second-order valence-corrected chi connectivity index (χ2v) is 5.74. The number of nitrogens with one attached hydrogen (secondary N) is 2. The summed E-state index contributed by atoms with van der Waals surface area (Å²) in [6, 6.07) is 0.706. The highest BCUT2D eigenvalue weighted by atomic mass is 16.2. The topological polar surface area (TPSA) is 64.7 Å². The van der Waals surface area contributed by atoms with Crippen molar-refractivity contribution in [2.75, 3.05) is 32.7 Å². The maximum Gasteiger partial charge on any atom is 0.317 e. The van der Waals surface area contributed by atoms with Crippen molar-refractivity contribution in [2.45, 2.75) is 37.8 Å². The van der Waals surface area contributed by atoms with E-state index in [4.69, 9.17) is 0 Å². The Morgan fingerprint density at radius 3 is 2.89 bits per heavy atom. The Balaban J connectivity index is 1.46. The van der Waals surface area contributed by atoms with Crippen LogP contribution >= 0.6 is 0 Å². The molecule has 1 unspecified atom stereocenters. The smallest absolute Gasteiger partial charge is 0.317 e. The normalized spacial score (nSPS) is 27.6. The number of nitrogens with zero attached hydrogens (tertiary/aromatic N) is 2. The average Bonchev–Trinajstić information content (AvgIpc) is 3.06. The van der Waals surface area contributed by atoms with Crippen LogP contribution in [0.5, 0.6) is 0 Å². The highest BCUT2D eigenvalue weighted by molar-refractivity contribution is 5.80. The molecule has 0 aromatic carbocycles. The number of hydrogen-bond acceptors (Lipinski definition) is 3. The predicted octanol–water partition coefficient (Wildman–Crippen LogP) is -0.245. The van der Waals surface area contributed by atoms with Gasteiger partial charge in [-0.25, -0.2) is 4.79 Å². The second-order valence-electron chi connectivity index (χ2n) is 5.74. The van der Waals surface area contributed by atoms with E-state index in [0.717, 1.165) is 0 Å². The van der Waals surface area contributed by atoms with Crippen LogP contribution in [0.15, 0.2) is 0 Å². The lowest BCUT2D eigenvalue weighted by molar-refractivity contribution is -0.132. The van der Waals surface area contributed by atoms with Crippen molar-refractivity contribution >= 4 is 11.9 Å². The van der Waals surface area contributed by atoms with Gasteiger partial charge in [0.05, 0.1) is 12.6 Å². The summed E-state index contributed by atoms with van der Waals surface area (Å²) in [5.74, 6) is 0.172. The maximum absolute atomic E-state index is 12.2. The minimum atomic E-state index is 0.0150. The Hall–Kier alpha value is -1.30. The van der Waals surface area contributed by atoms with E-state index in [1.54, 1.807) is 0 Å². The van der Waals surface area contributed by atoms with Crippen LogP contribution in [-0.2, 0) is 4.79 Å². The SMILES string of the molecule is O=C(CNC1CCCC1)N1CCN2C(=O)NCC2C1. The fourth-order valence-electron chi connectivity index (χ4n) is 3.30. The third-order valence-corrected chi connectivity index (χ3v) is 4.48. The van der Waals surface area contributed by atoms with Crippen molar-refractivity contribution in [3.8, 4) is 0 Å². The Kier molecular flexibility index (Phi) is 3.59. The van der Waals surface area contributed by atoms with Gasteiger partial charge in [0.1, 0.15) is 0 Å². The number of rotatable bonds is 3. The van der Waals surface area contributed by atoms with E-state index < -0.39 is 0 Å². The first-order valence-corrected chi connectivity index (χ1v) is 7.29. The van der Waals surface area contributed by atoms with E-state index >= 15 is 0 Å². The summed E-state index contributed by atoms with van der Waals surface area (Å²) < 4.78 is 0. The van der Waals surface area contributed by atoms with Crippen LogP contribution in [0.25, 0.3) is 0 Å². The summed E-state index contributed by atoms with van der Waals surface area (Å²) in [5.41, 5.74) is 0. The summed E-state index contributed by atoms with van der Waals surface area (Å²) in [6.07, 6.45) is 4.95. The first-order valence-electron chi connectivity index (χ1n) is 7.29. The van der Waals surface area contributed by atoms with Crippen LogP contribution in [0.3, 0.4) is 0 Å². The van der Waals surface area contributed by atoms with Gasteiger partial charge in [-0.3, -0.25) is 4.79 Å². The molecule has 0 aromatic heterocycles. The Morgan fingerprint density at radius 1 is 1.32 bits per heavy atom. The molecule has 0 spiro atoms. The third kappa shape index (κ3) is 2.68. The molecule has 2 saturated heterocycles. The first kappa shape index (κ1) is 12.7. The predicted molar refractivity (Wildman–Crippen MR) is 70.7 cm³/mol. The molecule has 19 heavy (non-hydrogen) atoms. The van der Waals surface area contributed by atoms with Gasteiger partial charge >= 0.3 is 6.03 Å². The van der Waals surface area contributed by atoms with Gasteiger partial charge < -0.3 is 20.4 Å². The number of hydrogen-bond donors (Lipinski definition) is 2. The molecule has 3 amide bonds. The van der Waals surface area contributed by atoms with Crippen molar-refractivity contribution in [3.63, 3.8) is 0 Å². The van der Waals surface area contributed by atoms with Crippen LogP contribution in [0.4, 0.5) is 4.79 Å². The maximum atomic E-state index is 12.2. The van der Waals surface area contributed by atoms with E-state index in [9.17, 15) is 9.59 Å². The molecule has 2 heterocycles. The van der Waals surface area contributed by atoms with Crippen LogP contribution < -0.4 is 10.6 Å². The summed E-state index contributed by atoms with van der Waals surface area (Å²) in [7, 11) is 0. The number of amides is 3. The van der Waals surface area contributed by atoms with Gasteiger partial charge in [0.15, 0.2) is 0 Å². The van der Waals surface area contributed by atoms with Crippen molar-refractivity contribution in [2.24, 2.45) is 0 Å². The standard InChI is InChI=1S/C13H22N4O2/c18-12(8-14-10-3-1-2-4-10)16-5-6-17-11(9-16)7-15-13(17)19/h10-11,14H,1-9H2,(H,15,19). The van der Waals surface area contributed by atoms with Crippen LogP contribution in [-0.4, -0.2) is 66.5 Å². The zero-order valence-electron chi connectivity index (χ0n) is 11.2. The van der Waals surface area contributed by atoms with Crippen LogP contribution in [0.1, 0.15) is 25.7 Å². The molecule has 3 rings (SSSR count). The Morgan fingerprint density at radius 2 is 2.11 bits per heavy atom. The average molecular weight is 266 g/mol. The van der Waals surface area contributed by atoms with Gasteiger partial charge in [0.2, 0.25) is 5.91 Å². The van der Waals surface area contributed by atoms with Crippen molar-refractivity contribution in [1.82, 2.24) is 20.4 Å². The largest absolute Gasteiger partial charge is 0.338 e. The minimum Gasteiger partial charge on any atom is -0.338 e. The monoisotopic (exact) mass is 266 g/mol. The van der Waals surface area contributed by atoms with Gasteiger partial charge in [-0.2, -0.15) is 0 Å². The lowest BCUT2D eigenvalue weighted by Gasteiger charge is -2.36. The van der Waals surface area contributed by atoms with Crippen molar-refractivity contribution < 1.29 is 9.59 Å². The zero-order chi connectivity index (χ0) is 13.2. The summed E-state index contributed by atoms with van der Waals surface area (Å²) in [6.45, 7) is 3.10. The highest BCUT2D eigenvalue weighted by Crippen LogP contribution is 2.18. The fourth-order valence-corrected chi connectivity index (χ4v) is 3.30. The third-order valence-electron chi connectivity index (χ3n) is 4.48. The number of piperazine rings is 1. The highest BCUT2D eigenvalue weighted by Gasteiger charge is 2.36. The lowest BCUT2D eigenvalue weighted by atomic mass is 10.2. The number of carbonyl (C=O) groups is 2. The molecule has 1 saturated carbocycles. The molecule has 3 aliphatic rings. The van der Waals surface area contributed by atoms with Crippen LogP contribution in [0.2, 0.25) is 0 Å². The molecule has 6 nitrogen and oxygen atoms in total.